The quantitative estimate of drug-likeness (QED) is 0.669. The fourth-order valence-electron chi connectivity index (χ4n) is 1.91. The molecule has 0 aliphatic rings. The second-order valence-corrected chi connectivity index (χ2v) is 4.42. The lowest BCUT2D eigenvalue weighted by Gasteiger charge is -2.03. The Labute approximate surface area is 104 Å². The van der Waals surface area contributed by atoms with Gasteiger partial charge in [-0.25, -0.2) is 0 Å². The third kappa shape index (κ3) is 2.04. The monoisotopic (exact) mass is 242 g/mol. The Morgan fingerprint density at radius 1 is 1.00 bits per heavy atom. The van der Waals surface area contributed by atoms with Crippen LogP contribution in [-0.4, -0.2) is 9.78 Å². The van der Waals surface area contributed by atoms with Gasteiger partial charge < -0.3 is 0 Å². The number of para-hydroxylation sites is 1. The van der Waals surface area contributed by atoms with E-state index in [-0.39, 0.29) is 0 Å². The average molecular weight is 243 g/mol. The molecule has 84 valence electrons. The minimum atomic E-state index is 0.763. The molecule has 0 unspecified atom stereocenters. The molecule has 0 spiro atoms. The molecular weight excluding hydrogens is 232 g/mol. The van der Waals surface area contributed by atoms with Crippen LogP contribution in [0.25, 0.3) is 10.9 Å². The van der Waals surface area contributed by atoms with Crippen molar-refractivity contribution >= 4 is 22.5 Å². The van der Waals surface area contributed by atoms with Gasteiger partial charge in [-0.3, -0.25) is 4.68 Å². The Morgan fingerprint density at radius 3 is 2.59 bits per heavy atom. The van der Waals surface area contributed by atoms with E-state index in [0.717, 1.165) is 17.1 Å². The van der Waals surface area contributed by atoms with E-state index in [0.29, 0.717) is 0 Å². The Kier molecular flexibility index (Phi) is 2.57. The maximum atomic E-state index is 5.87. The van der Waals surface area contributed by atoms with Gasteiger partial charge in [-0.1, -0.05) is 41.9 Å². The van der Waals surface area contributed by atoms with E-state index in [1.807, 2.05) is 47.3 Å². The number of rotatable bonds is 2. The molecule has 0 bridgehead atoms. The van der Waals surface area contributed by atoms with E-state index in [9.17, 15) is 0 Å². The zero-order valence-corrected chi connectivity index (χ0v) is 9.93. The molecule has 0 fully saturated rings. The van der Waals surface area contributed by atoms with Crippen LogP contribution in [0.2, 0.25) is 5.02 Å². The summed E-state index contributed by atoms with van der Waals surface area (Å²) in [6, 6.07) is 16.1. The molecule has 0 aliphatic carbocycles. The molecule has 0 radical (unpaired) electrons. The summed E-state index contributed by atoms with van der Waals surface area (Å²) >= 11 is 5.87. The van der Waals surface area contributed by atoms with Crippen molar-refractivity contribution in [2.24, 2.45) is 0 Å². The van der Waals surface area contributed by atoms with Crippen molar-refractivity contribution in [2.75, 3.05) is 0 Å². The van der Waals surface area contributed by atoms with Crippen LogP contribution in [0.15, 0.2) is 54.7 Å². The molecule has 1 aromatic heterocycles. The van der Waals surface area contributed by atoms with E-state index in [2.05, 4.69) is 17.2 Å². The Bertz CT molecular complexity index is 641. The molecule has 0 saturated heterocycles. The summed E-state index contributed by atoms with van der Waals surface area (Å²) in [6.45, 7) is 0.769. The molecule has 2 aromatic carbocycles. The first-order valence-electron chi connectivity index (χ1n) is 5.48. The van der Waals surface area contributed by atoms with Crippen molar-refractivity contribution in [1.29, 1.82) is 0 Å². The van der Waals surface area contributed by atoms with Crippen LogP contribution in [0.1, 0.15) is 5.56 Å². The van der Waals surface area contributed by atoms with Crippen molar-refractivity contribution in [3.63, 3.8) is 0 Å². The van der Waals surface area contributed by atoms with Gasteiger partial charge in [-0.05, 0) is 23.8 Å². The highest BCUT2D eigenvalue weighted by Crippen LogP contribution is 2.15. The van der Waals surface area contributed by atoms with Gasteiger partial charge in [0, 0.05) is 10.4 Å². The fraction of sp³-hybridized carbons (Fsp3) is 0.0714. The van der Waals surface area contributed by atoms with E-state index >= 15 is 0 Å². The van der Waals surface area contributed by atoms with Gasteiger partial charge in [-0.2, -0.15) is 5.10 Å². The third-order valence-corrected chi connectivity index (χ3v) is 3.05. The number of hydrogen-bond acceptors (Lipinski definition) is 1. The second kappa shape index (κ2) is 4.22. The van der Waals surface area contributed by atoms with Gasteiger partial charge in [0.05, 0.1) is 18.3 Å². The van der Waals surface area contributed by atoms with Crippen molar-refractivity contribution < 1.29 is 0 Å². The number of halogens is 1. The highest BCUT2D eigenvalue weighted by molar-refractivity contribution is 6.30. The molecule has 0 aliphatic heterocycles. The number of aromatic nitrogens is 2. The summed E-state index contributed by atoms with van der Waals surface area (Å²) in [4.78, 5) is 0. The normalized spacial score (nSPS) is 10.9. The van der Waals surface area contributed by atoms with Crippen LogP contribution in [0, 0.1) is 0 Å². The maximum Gasteiger partial charge on any atom is 0.0686 e. The first-order chi connectivity index (χ1) is 8.33. The van der Waals surface area contributed by atoms with Gasteiger partial charge in [0.15, 0.2) is 0 Å². The topological polar surface area (TPSA) is 17.8 Å². The molecule has 0 saturated carbocycles. The van der Waals surface area contributed by atoms with Gasteiger partial charge in [0.2, 0.25) is 0 Å². The first-order valence-corrected chi connectivity index (χ1v) is 5.86. The summed E-state index contributed by atoms with van der Waals surface area (Å²) in [7, 11) is 0. The summed E-state index contributed by atoms with van der Waals surface area (Å²) < 4.78 is 2.00. The molecule has 3 heteroatoms. The number of nitrogens with zero attached hydrogens (tertiary/aromatic N) is 2. The van der Waals surface area contributed by atoms with Crippen LogP contribution in [0.3, 0.4) is 0 Å². The molecular formula is C14H11ClN2. The lowest BCUT2D eigenvalue weighted by Crippen LogP contribution is -2.00. The van der Waals surface area contributed by atoms with E-state index < -0.39 is 0 Å². The predicted octanol–water partition coefficient (Wildman–Crippen LogP) is 3.74. The molecule has 0 N–H and O–H groups in total. The third-order valence-electron chi connectivity index (χ3n) is 2.80. The molecule has 17 heavy (non-hydrogen) atoms. The van der Waals surface area contributed by atoms with Crippen LogP contribution in [0.4, 0.5) is 0 Å². The minimum Gasteiger partial charge on any atom is -0.260 e. The van der Waals surface area contributed by atoms with Crippen LogP contribution in [0.5, 0.6) is 0 Å². The van der Waals surface area contributed by atoms with Crippen LogP contribution < -0.4 is 0 Å². The predicted molar refractivity (Wildman–Crippen MR) is 70.3 cm³/mol. The van der Waals surface area contributed by atoms with Crippen LogP contribution >= 0.6 is 11.6 Å². The SMILES string of the molecule is Clc1ccc(Cn2ncc3ccccc32)cc1. The Balaban J connectivity index is 1.97. The van der Waals surface area contributed by atoms with Crippen molar-refractivity contribution in [1.82, 2.24) is 9.78 Å². The highest BCUT2D eigenvalue weighted by atomic mass is 35.5. The fourth-order valence-corrected chi connectivity index (χ4v) is 2.04. The van der Waals surface area contributed by atoms with E-state index in [1.54, 1.807) is 0 Å². The van der Waals surface area contributed by atoms with Crippen molar-refractivity contribution in [2.45, 2.75) is 6.54 Å². The van der Waals surface area contributed by atoms with E-state index in [1.165, 1.54) is 10.9 Å². The first kappa shape index (κ1) is 10.4. The standard InChI is InChI=1S/C14H11ClN2/c15-13-7-5-11(6-8-13)10-17-14-4-2-1-3-12(14)9-16-17/h1-9H,10H2. The number of fused-ring (bicyclic) bond motifs is 1. The average Bonchev–Trinajstić information content (AvgIpc) is 2.76. The van der Waals surface area contributed by atoms with Crippen molar-refractivity contribution in [3.05, 3.63) is 65.3 Å². The lowest BCUT2D eigenvalue weighted by molar-refractivity contribution is 0.712. The smallest absolute Gasteiger partial charge is 0.0686 e. The van der Waals surface area contributed by atoms with Gasteiger partial charge >= 0.3 is 0 Å². The zero-order valence-electron chi connectivity index (χ0n) is 9.18. The van der Waals surface area contributed by atoms with Crippen LogP contribution in [-0.2, 0) is 6.54 Å². The summed E-state index contributed by atoms with van der Waals surface area (Å²) in [6.07, 6.45) is 1.89. The van der Waals surface area contributed by atoms with E-state index in [4.69, 9.17) is 11.6 Å². The summed E-state index contributed by atoms with van der Waals surface area (Å²) in [5, 5.41) is 6.33. The van der Waals surface area contributed by atoms with Gasteiger partial charge in [-0.15, -0.1) is 0 Å². The summed E-state index contributed by atoms with van der Waals surface area (Å²) in [5.74, 6) is 0. The molecule has 3 rings (SSSR count). The second-order valence-electron chi connectivity index (χ2n) is 3.99. The maximum absolute atomic E-state index is 5.87. The van der Waals surface area contributed by atoms with Crippen molar-refractivity contribution in [3.8, 4) is 0 Å². The Morgan fingerprint density at radius 2 is 1.76 bits per heavy atom. The molecule has 3 aromatic rings. The minimum absolute atomic E-state index is 0.763. The molecule has 2 nitrogen and oxygen atoms in total. The molecule has 1 heterocycles. The highest BCUT2D eigenvalue weighted by Gasteiger charge is 2.02. The number of hydrogen-bond donors (Lipinski definition) is 0. The lowest BCUT2D eigenvalue weighted by atomic mass is 10.2. The number of benzene rings is 2. The van der Waals surface area contributed by atoms with Gasteiger partial charge in [0.25, 0.3) is 0 Å². The molecule has 0 amide bonds. The molecule has 0 atom stereocenters. The van der Waals surface area contributed by atoms with Gasteiger partial charge in [0.1, 0.15) is 0 Å². The Hall–Kier alpha value is -1.80. The summed E-state index contributed by atoms with van der Waals surface area (Å²) in [5.41, 5.74) is 2.35. The zero-order chi connectivity index (χ0) is 11.7. The largest absolute Gasteiger partial charge is 0.260 e.